The van der Waals surface area contributed by atoms with E-state index in [1.54, 1.807) is 6.20 Å². The number of anilines is 3. The van der Waals surface area contributed by atoms with Crippen LogP contribution in [-0.4, -0.2) is 93.9 Å². The van der Waals surface area contributed by atoms with Crippen molar-refractivity contribution in [3.63, 3.8) is 0 Å². The highest BCUT2D eigenvalue weighted by Gasteiger charge is 2.33. The van der Waals surface area contributed by atoms with Crippen LogP contribution >= 0.6 is 0 Å². The molecule has 2 N–H and O–H groups in total. The Kier molecular flexibility index (Phi) is 5.68. The average Bonchev–Trinajstić information content (AvgIpc) is 3.40. The SMILES string of the molecule is Cc1nc(N)ncc1-c1nc(N2CCOCC2)c2nc(N3CCC(N(C)C)C3)n(CC3CC3)c2n1. The summed E-state index contributed by atoms with van der Waals surface area (Å²) in [5, 5.41) is 0. The normalized spacial score (nSPS) is 21.0. The van der Waals surface area contributed by atoms with Crippen molar-refractivity contribution in [2.24, 2.45) is 5.92 Å². The van der Waals surface area contributed by atoms with Crippen LogP contribution in [0.2, 0.25) is 0 Å². The molecule has 1 saturated carbocycles. The molecule has 0 aromatic carbocycles. The summed E-state index contributed by atoms with van der Waals surface area (Å²) in [5.74, 6) is 3.44. The molecule has 35 heavy (non-hydrogen) atoms. The van der Waals surface area contributed by atoms with Gasteiger partial charge in [0.2, 0.25) is 11.9 Å². The Balaban J connectivity index is 1.52. The van der Waals surface area contributed by atoms with Crippen LogP contribution in [0.1, 0.15) is 25.0 Å². The minimum absolute atomic E-state index is 0.256. The summed E-state index contributed by atoms with van der Waals surface area (Å²) in [6.07, 6.45) is 5.39. The average molecular weight is 479 g/mol. The lowest BCUT2D eigenvalue weighted by Gasteiger charge is -2.28. The van der Waals surface area contributed by atoms with E-state index in [4.69, 9.17) is 25.4 Å². The van der Waals surface area contributed by atoms with Crippen molar-refractivity contribution in [2.45, 2.75) is 38.8 Å². The van der Waals surface area contributed by atoms with Crippen LogP contribution in [0.15, 0.2) is 6.20 Å². The quantitative estimate of drug-likeness (QED) is 0.560. The number of nitrogens with two attached hydrogens (primary N) is 1. The van der Waals surface area contributed by atoms with Crippen molar-refractivity contribution >= 4 is 28.9 Å². The van der Waals surface area contributed by atoms with Crippen molar-refractivity contribution < 1.29 is 4.74 Å². The van der Waals surface area contributed by atoms with Crippen LogP contribution in [-0.2, 0) is 11.3 Å². The number of morpholine rings is 1. The second-order valence-corrected chi connectivity index (χ2v) is 10.2. The van der Waals surface area contributed by atoms with Gasteiger partial charge in [-0.15, -0.1) is 0 Å². The van der Waals surface area contributed by atoms with E-state index in [2.05, 4.69) is 43.3 Å². The van der Waals surface area contributed by atoms with Crippen molar-refractivity contribution in [1.29, 1.82) is 0 Å². The maximum Gasteiger partial charge on any atom is 0.220 e. The van der Waals surface area contributed by atoms with Gasteiger partial charge in [0.25, 0.3) is 0 Å². The van der Waals surface area contributed by atoms with Crippen LogP contribution in [0.5, 0.6) is 0 Å². The third-order valence-electron chi connectivity index (χ3n) is 7.42. The van der Waals surface area contributed by atoms with Crippen LogP contribution in [0.4, 0.5) is 17.7 Å². The van der Waals surface area contributed by atoms with Gasteiger partial charge in [-0.05, 0) is 46.2 Å². The molecule has 1 unspecified atom stereocenters. The van der Waals surface area contributed by atoms with Gasteiger partial charge in [-0.1, -0.05) is 0 Å². The summed E-state index contributed by atoms with van der Waals surface area (Å²) < 4.78 is 7.97. The van der Waals surface area contributed by atoms with E-state index >= 15 is 0 Å². The van der Waals surface area contributed by atoms with Crippen LogP contribution in [0.3, 0.4) is 0 Å². The maximum atomic E-state index is 5.83. The number of fused-ring (bicyclic) bond motifs is 1. The maximum absolute atomic E-state index is 5.83. The first kappa shape index (κ1) is 22.4. The Morgan fingerprint density at radius 2 is 1.83 bits per heavy atom. The summed E-state index contributed by atoms with van der Waals surface area (Å²) in [5.41, 5.74) is 9.15. The molecule has 5 heterocycles. The third-order valence-corrected chi connectivity index (χ3v) is 7.42. The molecule has 0 spiro atoms. The molecule has 0 bridgehead atoms. The van der Waals surface area contributed by atoms with Gasteiger partial charge >= 0.3 is 0 Å². The molecule has 2 saturated heterocycles. The van der Waals surface area contributed by atoms with Gasteiger partial charge < -0.3 is 25.2 Å². The van der Waals surface area contributed by atoms with Gasteiger partial charge in [-0.3, -0.25) is 4.57 Å². The topological polar surface area (TPSA) is 114 Å². The molecule has 0 amide bonds. The lowest BCUT2D eigenvalue weighted by atomic mass is 10.2. The van der Waals surface area contributed by atoms with E-state index in [1.165, 1.54) is 12.8 Å². The van der Waals surface area contributed by atoms with Crippen molar-refractivity contribution in [1.82, 2.24) is 34.4 Å². The molecule has 3 fully saturated rings. The van der Waals surface area contributed by atoms with Gasteiger partial charge in [0.05, 0.1) is 24.5 Å². The number of hydrogen-bond acceptors (Lipinski definition) is 10. The molecule has 3 aliphatic rings. The predicted octanol–water partition coefficient (Wildman–Crippen LogP) is 1.56. The predicted molar refractivity (Wildman–Crippen MR) is 136 cm³/mol. The van der Waals surface area contributed by atoms with Gasteiger partial charge in [0, 0.05) is 45.0 Å². The summed E-state index contributed by atoms with van der Waals surface area (Å²) in [6.45, 7) is 7.74. The number of ether oxygens (including phenoxy) is 1. The first-order valence-corrected chi connectivity index (χ1v) is 12.6. The molecule has 186 valence electrons. The summed E-state index contributed by atoms with van der Waals surface area (Å²) in [6, 6.07) is 0.527. The fourth-order valence-corrected chi connectivity index (χ4v) is 5.11. The smallest absolute Gasteiger partial charge is 0.220 e. The Hall–Kier alpha value is -3.05. The number of nitrogen functional groups attached to an aromatic ring is 1. The summed E-state index contributed by atoms with van der Waals surface area (Å²) in [7, 11) is 4.32. The van der Waals surface area contributed by atoms with Crippen LogP contribution < -0.4 is 15.5 Å². The molecule has 3 aromatic heterocycles. The Bertz CT molecular complexity index is 1230. The third kappa shape index (κ3) is 4.27. The van der Waals surface area contributed by atoms with E-state index in [0.717, 1.165) is 73.3 Å². The molecule has 1 atom stereocenters. The van der Waals surface area contributed by atoms with Gasteiger partial charge in [0.1, 0.15) is 0 Å². The Morgan fingerprint density at radius 1 is 1.03 bits per heavy atom. The van der Waals surface area contributed by atoms with Gasteiger partial charge in [-0.2, -0.15) is 0 Å². The fourth-order valence-electron chi connectivity index (χ4n) is 5.11. The van der Waals surface area contributed by atoms with Crippen molar-refractivity contribution in [3.8, 4) is 11.4 Å². The second kappa shape index (κ2) is 8.87. The number of nitrogens with zero attached hydrogens (tertiary/aromatic N) is 9. The number of aromatic nitrogens is 6. The first-order chi connectivity index (χ1) is 17.0. The lowest BCUT2D eigenvalue weighted by Crippen LogP contribution is -2.37. The standard InChI is InChI=1S/C24H34N10O/c1-15-18(12-26-23(25)27-15)20-29-21(32-8-10-35-11-9-32)19-22(30-20)34(13-16-4-5-16)24(28-19)33-7-6-17(14-33)31(2)3/h12,16-17H,4-11,13-14H2,1-3H3,(H2,25,26,27). The highest BCUT2D eigenvalue weighted by atomic mass is 16.5. The molecule has 11 heteroatoms. The number of hydrogen-bond donors (Lipinski definition) is 1. The number of rotatable bonds is 6. The van der Waals surface area contributed by atoms with Crippen LogP contribution in [0.25, 0.3) is 22.6 Å². The Labute approximate surface area is 205 Å². The molecule has 6 rings (SSSR count). The van der Waals surface area contributed by atoms with E-state index in [-0.39, 0.29) is 5.95 Å². The second-order valence-electron chi connectivity index (χ2n) is 10.2. The van der Waals surface area contributed by atoms with E-state index in [1.807, 2.05) is 6.92 Å². The summed E-state index contributed by atoms with van der Waals surface area (Å²) in [4.78, 5) is 31.0. The largest absolute Gasteiger partial charge is 0.378 e. The Morgan fingerprint density at radius 3 is 2.51 bits per heavy atom. The molecular weight excluding hydrogens is 444 g/mol. The van der Waals surface area contributed by atoms with E-state index < -0.39 is 0 Å². The minimum Gasteiger partial charge on any atom is -0.378 e. The fraction of sp³-hybridized carbons (Fsp3) is 0.625. The van der Waals surface area contributed by atoms with Crippen LogP contribution in [0, 0.1) is 12.8 Å². The van der Waals surface area contributed by atoms with Crippen molar-refractivity contribution in [3.05, 3.63) is 11.9 Å². The molecule has 0 radical (unpaired) electrons. The van der Waals surface area contributed by atoms with Crippen molar-refractivity contribution in [2.75, 3.05) is 69.0 Å². The molecule has 11 nitrogen and oxygen atoms in total. The zero-order valence-corrected chi connectivity index (χ0v) is 20.8. The first-order valence-electron chi connectivity index (χ1n) is 12.6. The van der Waals surface area contributed by atoms with Gasteiger partial charge in [0.15, 0.2) is 22.8 Å². The van der Waals surface area contributed by atoms with Gasteiger partial charge in [-0.25, -0.2) is 24.9 Å². The highest BCUT2D eigenvalue weighted by molar-refractivity contribution is 5.88. The molecule has 2 aliphatic heterocycles. The summed E-state index contributed by atoms with van der Waals surface area (Å²) >= 11 is 0. The minimum atomic E-state index is 0.256. The zero-order chi connectivity index (χ0) is 24.1. The number of imidazole rings is 1. The molecule has 1 aliphatic carbocycles. The number of likely N-dealkylation sites (N-methyl/N-ethyl adjacent to an activating group) is 1. The van der Waals surface area contributed by atoms with E-state index in [9.17, 15) is 0 Å². The number of aryl methyl sites for hydroxylation is 1. The molecular formula is C24H34N10O. The zero-order valence-electron chi connectivity index (χ0n) is 20.8. The lowest BCUT2D eigenvalue weighted by molar-refractivity contribution is 0.122. The molecule has 3 aromatic rings. The monoisotopic (exact) mass is 478 g/mol. The van der Waals surface area contributed by atoms with E-state index in [0.29, 0.717) is 31.0 Å². The highest BCUT2D eigenvalue weighted by Crippen LogP contribution is 2.37.